The van der Waals surface area contributed by atoms with Crippen LogP contribution < -0.4 is 15.1 Å². The summed E-state index contributed by atoms with van der Waals surface area (Å²) in [7, 11) is 0. The fourth-order valence-electron chi connectivity index (χ4n) is 4.45. The van der Waals surface area contributed by atoms with Crippen LogP contribution in [0.25, 0.3) is 11.0 Å². The van der Waals surface area contributed by atoms with Crippen molar-refractivity contribution >= 4 is 28.5 Å². The van der Waals surface area contributed by atoms with E-state index in [9.17, 15) is 19.5 Å². The monoisotopic (exact) mass is 485 g/mol. The third kappa shape index (κ3) is 3.76. The molecular formula is C28H23NO7. The highest BCUT2D eigenvalue weighted by atomic mass is 16.5. The number of carbonyl (C=O) groups is 2. The van der Waals surface area contributed by atoms with Crippen LogP contribution in [0.15, 0.2) is 75.9 Å². The van der Waals surface area contributed by atoms with E-state index in [-0.39, 0.29) is 34.9 Å². The van der Waals surface area contributed by atoms with Gasteiger partial charge in [-0.05, 0) is 67.9 Å². The molecule has 8 heteroatoms. The number of anilines is 1. The number of hydrogen-bond acceptors (Lipinski definition) is 7. The Kier molecular flexibility index (Phi) is 5.93. The van der Waals surface area contributed by atoms with Crippen LogP contribution in [-0.4, -0.2) is 30.2 Å². The van der Waals surface area contributed by atoms with E-state index < -0.39 is 17.9 Å². The van der Waals surface area contributed by atoms with Crippen LogP contribution in [0.5, 0.6) is 11.5 Å². The van der Waals surface area contributed by atoms with E-state index in [2.05, 4.69) is 0 Å². The lowest BCUT2D eigenvalue weighted by Gasteiger charge is -2.26. The standard InChI is InChI=1S/C28H23NO7/c1-3-34-22-15-17(11-14-20(22)30)24-23-25(31)19-7-5-6-8-21(19)36-26(23)27(32)29(24)18-12-9-16(10-13-18)28(33)35-4-2/h5-15,24,30H,3-4H2,1-2H3. The van der Waals surface area contributed by atoms with Gasteiger partial charge >= 0.3 is 5.97 Å². The first-order valence-corrected chi connectivity index (χ1v) is 11.6. The molecule has 182 valence electrons. The maximum Gasteiger partial charge on any atom is 0.338 e. The first-order chi connectivity index (χ1) is 17.4. The predicted octanol–water partition coefficient (Wildman–Crippen LogP) is 4.82. The van der Waals surface area contributed by atoms with Gasteiger partial charge < -0.3 is 19.0 Å². The molecule has 0 saturated carbocycles. The molecule has 0 saturated heterocycles. The Morgan fingerprint density at radius 1 is 1.00 bits per heavy atom. The van der Waals surface area contributed by atoms with E-state index in [0.717, 1.165) is 0 Å². The fraction of sp³-hybridized carbons (Fsp3) is 0.179. The molecule has 0 radical (unpaired) electrons. The van der Waals surface area contributed by atoms with Crippen molar-refractivity contribution in [1.82, 2.24) is 0 Å². The van der Waals surface area contributed by atoms with Gasteiger partial charge in [0, 0.05) is 5.69 Å². The number of aromatic hydroxyl groups is 1. The van der Waals surface area contributed by atoms with Gasteiger partial charge in [-0.1, -0.05) is 18.2 Å². The van der Waals surface area contributed by atoms with Gasteiger partial charge in [0.1, 0.15) is 5.58 Å². The summed E-state index contributed by atoms with van der Waals surface area (Å²) in [5.41, 5.74) is 1.54. The average molecular weight is 485 g/mol. The number of esters is 1. The zero-order valence-electron chi connectivity index (χ0n) is 19.7. The van der Waals surface area contributed by atoms with Crippen molar-refractivity contribution in [3.05, 3.63) is 99.4 Å². The van der Waals surface area contributed by atoms with Gasteiger partial charge in [0.05, 0.1) is 35.8 Å². The summed E-state index contributed by atoms with van der Waals surface area (Å²) >= 11 is 0. The Morgan fingerprint density at radius 2 is 1.75 bits per heavy atom. The Hall–Kier alpha value is -4.59. The molecule has 0 bridgehead atoms. The zero-order valence-corrected chi connectivity index (χ0v) is 19.7. The topological polar surface area (TPSA) is 106 Å². The second-order valence-corrected chi connectivity index (χ2v) is 8.18. The molecule has 1 atom stereocenters. The molecule has 4 aromatic rings. The largest absolute Gasteiger partial charge is 0.504 e. The second kappa shape index (κ2) is 9.22. The Labute approximate surface area is 206 Å². The van der Waals surface area contributed by atoms with Gasteiger partial charge in [0.25, 0.3) is 5.91 Å². The normalized spacial score (nSPS) is 14.7. The number of ether oxygens (including phenoxy) is 2. The molecular weight excluding hydrogens is 462 g/mol. The molecule has 0 fully saturated rings. The Morgan fingerprint density at radius 3 is 2.47 bits per heavy atom. The smallest absolute Gasteiger partial charge is 0.338 e. The van der Waals surface area contributed by atoms with Crippen molar-refractivity contribution in [2.75, 3.05) is 18.1 Å². The molecule has 1 aromatic heterocycles. The SMILES string of the molecule is CCOC(=O)c1ccc(N2C(=O)c3oc4ccccc4c(=O)c3C2c2ccc(O)c(OCC)c2)cc1. The maximum atomic E-state index is 13.7. The summed E-state index contributed by atoms with van der Waals surface area (Å²) in [5, 5.41) is 10.6. The van der Waals surface area contributed by atoms with Crippen molar-refractivity contribution in [3.63, 3.8) is 0 Å². The van der Waals surface area contributed by atoms with Crippen molar-refractivity contribution in [2.45, 2.75) is 19.9 Å². The van der Waals surface area contributed by atoms with Crippen LogP contribution in [0.4, 0.5) is 5.69 Å². The molecule has 1 amide bonds. The number of hydrogen-bond donors (Lipinski definition) is 1. The van der Waals surface area contributed by atoms with Crippen molar-refractivity contribution in [1.29, 1.82) is 0 Å². The predicted molar refractivity (Wildman–Crippen MR) is 133 cm³/mol. The zero-order chi connectivity index (χ0) is 25.4. The van der Waals surface area contributed by atoms with E-state index in [1.807, 2.05) is 0 Å². The number of nitrogens with zero attached hydrogens (tertiary/aromatic N) is 1. The lowest BCUT2D eigenvalue weighted by atomic mass is 9.97. The molecule has 1 aliphatic rings. The van der Waals surface area contributed by atoms with Crippen molar-refractivity contribution < 1.29 is 28.6 Å². The van der Waals surface area contributed by atoms with Crippen LogP contribution in [0.1, 0.15) is 51.9 Å². The minimum Gasteiger partial charge on any atom is -0.504 e. The first-order valence-electron chi connectivity index (χ1n) is 11.6. The number of phenolic OH excluding ortho intramolecular Hbond substituents is 1. The summed E-state index contributed by atoms with van der Waals surface area (Å²) in [6, 6.07) is 17.0. The molecule has 5 rings (SSSR count). The summed E-state index contributed by atoms with van der Waals surface area (Å²) in [5.74, 6) is -0.837. The quantitative estimate of drug-likeness (QED) is 0.390. The summed E-state index contributed by atoms with van der Waals surface area (Å²) in [6.07, 6.45) is 0. The van der Waals surface area contributed by atoms with Gasteiger partial charge in [-0.3, -0.25) is 14.5 Å². The summed E-state index contributed by atoms with van der Waals surface area (Å²) in [6.45, 7) is 4.08. The van der Waals surface area contributed by atoms with Gasteiger partial charge in [-0.25, -0.2) is 4.79 Å². The van der Waals surface area contributed by atoms with E-state index in [1.165, 1.54) is 11.0 Å². The molecule has 0 aliphatic carbocycles. The molecule has 8 nitrogen and oxygen atoms in total. The second-order valence-electron chi connectivity index (χ2n) is 8.18. The number of benzene rings is 3. The molecule has 2 heterocycles. The number of fused-ring (bicyclic) bond motifs is 2. The number of amides is 1. The lowest BCUT2D eigenvalue weighted by molar-refractivity contribution is 0.0526. The Bertz CT molecular complexity index is 1540. The minimum absolute atomic E-state index is 0.0517. The number of carbonyl (C=O) groups excluding carboxylic acids is 2. The summed E-state index contributed by atoms with van der Waals surface area (Å²) in [4.78, 5) is 40.9. The third-order valence-electron chi connectivity index (χ3n) is 6.03. The number of phenols is 1. The van der Waals surface area contributed by atoms with Crippen LogP contribution in [0, 0.1) is 0 Å². The fourth-order valence-corrected chi connectivity index (χ4v) is 4.45. The molecule has 1 unspecified atom stereocenters. The Balaban J connectivity index is 1.71. The van der Waals surface area contributed by atoms with Gasteiger partial charge in [-0.2, -0.15) is 0 Å². The van der Waals surface area contributed by atoms with Crippen LogP contribution in [-0.2, 0) is 4.74 Å². The van der Waals surface area contributed by atoms with E-state index in [0.29, 0.717) is 34.4 Å². The molecule has 1 aliphatic heterocycles. The van der Waals surface area contributed by atoms with Crippen molar-refractivity contribution in [3.8, 4) is 11.5 Å². The highest BCUT2D eigenvalue weighted by Gasteiger charge is 2.44. The average Bonchev–Trinajstić information content (AvgIpc) is 3.18. The molecule has 1 N–H and O–H groups in total. The molecule has 36 heavy (non-hydrogen) atoms. The summed E-state index contributed by atoms with van der Waals surface area (Å²) < 4.78 is 16.6. The highest BCUT2D eigenvalue weighted by Crippen LogP contribution is 2.43. The van der Waals surface area contributed by atoms with Gasteiger partial charge in [0.2, 0.25) is 5.76 Å². The van der Waals surface area contributed by atoms with Gasteiger partial charge in [-0.15, -0.1) is 0 Å². The van der Waals surface area contributed by atoms with Crippen LogP contribution in [0.2, 0.25) is 0 Å². The van der Waals surface area contributed by atoms with Crippen LogP contribution >= 0.6 is 0 Å². The maximum absolute atomic E-state index is 13.7. The number of para-hydroxylation sites is 1. The number of rotatable bonds is 6. The lowest BCUT2D eigenvalue weighted by Crippen LogP contribution is -2.29. The van der Waals surface area contributed by atoms with E-state index in [4.69, 9.17) is 13.9 Å². The highest BCUT2D eigenvalue weighted by molar-refractivity contribution is 6.10. The van der Waals surface area contributed by atoms with Gasteiger partial charge in [0.15, 0.2) is 16.9 Å². The van der Waals surface area contributed by atoms with E-state index >= 15 is 0 Å². The minimum atomic E-state index is -0.846. The molecule has 3 aromatic carbocycles. The van der Waals surface area contributed by atoms with Crippen LogP contribution in [0.3, 0.4) is 0 Å². The molecule has 0 spiro atoms. The first kappa shape index (κ1) is 23.2. The van der Waals surface area contributed by atoms with E-state index in [1.54, 1.807) is 74.5 Å². The third-order valence-corrected chi connectivity index (χ3v) is 6.03. The van der Waals surface area contributed by atoms with Crippen molar-refractivity contribution in [2.24, 2.45) is 0 Å².